The Bertz CT molecular complexity index is 1250. The molecule has 7 nitrogen and oxygen atoms in total. The first-order valence-corrected chi connectivity index (χ1v) is 10.9. The van der Waals surface area contributed by atoms with Crippen LogP contribution >= 0.6 is 11.8 Å². The smallest absolute Gasteiger partial charge is 0.243 e. The van der Waals surface area contributed by atoms with Gasteiger partial charge in [-0.05, 0) is 24.1 Å². The number of ether oxygens (including phenoxy) is 2. The molecule has 154 valence electrons. The summed E-state index contributed by atoms with van der Waals surface area (Å²) in [7, 11) is 0. The number of allylic oxidation sites excluding steroid dienone is 1. The van der Waals surface area contributed by atoms with Gasteiger partial charge in [0.05, 0.1) is 23.6 Å². The molecule has 2 atom stereocenters. The summed E-state index contributed by atoms with van der Waals surface area (Å²) in [6.45, 7) is 0.587. The lowest BCUT2D eigenvalue weighted by molar-refractivity contribution is -0.121. The molecular weight excluding hydrogens is 412 g/mol. The maximum absolute atomic E-state index is 14.1. The summed E-state index contributed by atoms with van der Waals surface area (Å²) in [4.78, 5) is 21.5. The Labute approximate surface area is 183 Å². The molecule has 1 spiro atoms. The van der Waals surface area contributed by atoms with Gasteiger partial charge in [-0.25, -0.2) is 4.99 Å². The first kappa shape index (κ1) is 18.3. The number of fused-ring (bicyclic) bond motifs is 5. The largest absolute Gasteiger partial charge is 0.454 e. The van der Waals surface area contributed by atoms with Gasteiger partial charge in [0.2, 0.25) is 12.7 Å². The van der Waals surface area contributed by atoms with Crippen molar-refractivity contribution in [3.8, 4) is 17.6 Å². The van der Waals surface area contributed by atoms with E-state index in [2.05, 4.69) is 17.1 Å². The SMILES string of the molecule is N#CC1CC=C(CN2C(=O)C3(CC(N)=Nc4cc5c(cc43)OCO5)c3ccccc32)S1. The van der Waals surface area contributed by atoms with E-state index in [9.17, 15) is 10.1 Å². The van der Waals surface area contributed by atoms with Gasteiger partial charge in [0.25, 0.3) is 0 Å². The van der Waals surface area contributed by atoms with E-state index in [0.29, 0.717) is 42.4 Å². The number of amidine groups is 1. The summed E-state index contributed by atoms with van der Waals surface area (Å²) in [5.41, 5.74) is 8.51. The van der Waals surface area contributed by atoms with Crippen molar-refractivity contribution in [2.24, 2.45) is 10.7 Å². The van der Waals surface area contributed by atoms with E-state index in [4.69, 9.17) is 15.2 Å². The van der Waals surface area contributed by atoms with Gasteiger partial charge in [0, 0.05) is 28.6 Å². The lowest BCUT2D eigenvalue weighted by Gasteiger charge is -2.33. The van der Waals surface area contributed by atoms with Crippen molar-refractivity contribution in [1.82, 2.24) is 0 Å². The van der Waals surface area contributed by atoms with Gasteiger partial charge in [-0.2, -0.15) is 5.26 Å². The Hall–Kier alpha value is -3.44. The molecule has 1 amide bonds. The van der Waals surface area contributed by atoms with Gasteiger partial charge in [-0.3, -0.25) is 4.79 Å². The maximum atomic E-state index is 14.1. The summed E-state index contributed by atoms with van der Waals surface area (Å²) < 4.78 is 11.1. The number of benzene rings is 2. The number of carbonyl (C=O) groups is 1. The number of anilines is 1. The van der Waals surface area contributed by atoms with Crippen molar-refractivity contribution < 1.29 is 14.3 Å². The van der Waals surface area contributed by atoms with E-state index >= 15 is 0 Å². The summed E-state index contributed by atoms with van der Waals surface area (Å²) in [5, 5.41) is 9.15. The molecular formula is C23H18N4O3S. The van der Waals surface area contributed by atoms with Crippen LogP contribution in [0.1, 0.15) is 24.0 Å². The number of rotatable bonds is 2. The minimum absolute atomic E-state index is 0.0337. The molecule has 4 aliphatic rings. The quantitative estimate of drug-likeness (QED) is 0.784. The zero-order valence-electron chi connectivity index (χ0n) is 16.5. The third-order valence-corrected chi connectivity index (χ3v) is 7.42. The van der Waals surface area contributed by atoms with Crippen LogP contribution in [0.15, 0.2) is 52.4 Å². The molecule has 0 saturated carbocycles. The topological polar surface area (TPSA) is 101 Å². The van der Waals surface area contributed by atoms with Crippen molar-refractivity contribution in [3.05, 3.63) is 58.5 Å². The predicted octanol–water partition coefficient (Wildman–Crippen LogP) is 3.35. The Morgan fingerprint density at radius 1 is 1.26 bits per heavy atom. The molecule has 31 heavy (non-hydrogen) atoms. The Balaban J connectivity index is 1.50. The average molecular weight is 430 g/mol. The van der Waals surface area contributed by atoms with Crippen molar-refractivity contribution in [1.29, 1.82) is 5.26 Å². The number of hydrogen-bond acceptors (Lipinski definition) is 7. The molecule has 2 N–H and O–H groups in total. The van der Waals surface area contributed by atoms with Gasteiger partial charge in [-0.1, -0.05) is 24.3 Å². The standard InChI is InChI=1S/C23H18N4O3S/c24-10-13-5-6-14(31-13)11-27-18-4-2-1-3-15(18)23(22(27)28)9-21(25)26-17-8-20-19(7-16(17)23)29-12-30-20/h1-4,6-8,13H,5,9,11-12H2,(H2,25,26). The number of aliphatic imine (C=N–C) groups is 1. The highest BCUT2D eigenvalue weighted by atomic mass is 32.2. The third-order valence-electron chi connectivity index (χ3n) is 6.24. The minimum atomic E-state index is -0.961. The lowest BCUT2D eigenvalue weighted by atomic mass is 9.70. The number of nitrogens with zero attached hydrogens (tertiary/aromatic N) is 3. The first-order chi connectivity index (χ1) is 15.1. The molecule has 2 aromatic rings. The van der Waals surface area contributed by atoms with Crippen LogP contribution < -0.4 is 20.1 Å². The predicted molar refractivity (Wildman–Crippen MR) is 118 cm³/mol. The van der Waals surface area contributed by atoms with Gasteiger partial charge >= 0.3 is 0 Å². The Kier molecular flexibility index (Phi) is 3.86. The highest BCUT2D eigenvalue weighted by Gasteiger charge is 2.55. The number of para-hydroxylation sites is 1. The zero-order valence-corrected chi connectivity index (χ0v) is 17.3. The van der Waals surface area contributed by atoms with Gasteiger partial charge in [0.15, 0.2) is 11.5 Å². The molecule has 2 aromatic carbocycles. The van der Waals surface area contributed by atoms with Crippen molar-refractivity contribution in [3.63, 3.8) is 0 Å². The van der Waals surface area contributed by atoms with E-state index < -0.39 is 5.41 Å². The second-order valence-corrected chi connectivity index (χ2v) is 9.29. The third kappa shape index (κ3) is 2.53. The van der Waals surface area contributed by atoms with Crippen LogP contribution in [0, 0.1) is 11.3 Å². The molecule has 0 aliphatic carbocycles. The van der Waals surface area contributed by atoms with Crippen LogP contribution in [0.2, 0.25) is 0 Å². The van der Waals surface area contributed by atoms with Crippen LogP contribution in [0.25, 0.3) is 0 Å². The van der Waals surface area contributed by atoms with Gasteiger partial charge < -0.3 is 20.1 Å². The van der Waals surface area contributed by atoms with E-state index in [0.717, 1.165) is 21.7 Å². The average Bonchev–Trinajstić information content (AvgIpc) is 3.47. The van der Waals surface area contributed by atoms with Crippen LogP contribution in [-0.4, -0.2) is 30.3 Å². The van der Waals surface area contributed by atoms with Crippen molar-refractivity contribution in [2.75, 3.05) is 18.2 Å². The Morgan fingerprint density at radius 2 is 2.06 bits per heavy atom. The number of carbonyl (C=O) groups excluding carboxylic acids is 1. The lowest BCUT2D eigenvalue weighted by Crippen LogP contribution is -2.45. The molecule has 4 aliphatic heterocycles. The summed E-state index contributed by atoms with van der Waals surface area (Å²) in [6.07, 6.45) is 3.07. The number of thioether (sulfide) groups is 1. The van der Waals surface area contributed by atoms with Crippen molar-refractivity contribution in [2.45, 2.75) is 23.5 Å². The van der Waals surface area contributed by atoms with E-state index in [1.165, 1.54) is 11.8 Å². The highest BCUT2D eigenvalue weighted by Crippen LogP contribution is 2.55. The molecule has 0 bridgehead atoms. The van der Waals surface area contributed by atoms with Gasteiger partial charge in [0.1, 0.15) is 11.3 Å². The van der Waals surface area contributed by atoms with E-state index in [-0.39, 0.29) is 18.0 Å². The van der Waals surface area contributed by atoms with Crippen LogP contribution in [0.3, 0.4) is 0 Å². The fraction of sp³-hybridized carbons (Fsp3) is 0.261. The monoisotopic (exact) mass is 430 g/mol. The minimum Gasteiger partial charge on any atom is -0.454 e. The maximum Gasteiger partial charge on any atom is 0.243 e. The molecule has 0 saturated heterocycles. The number of amides is 1. The summed E-state index contributed by atoms with van der Waals surface area (Å²) in [5.74, 6) is 1.60. The normalized spacial score (nSPS) is 25.2. The van der Waals surface area contributed by atoms with Crippen molar-refractivity contribution >= 4 is 34.9 Å². The second kappa shape index (κ2) is 6.53. The fourth-order valence-electron chi connectivity index (χ4n) is 4.89. The van der Waals surface area contributed by atoms with Crippen LogP contribution in [0.5, 0.6) is 11.5 Å². The highest BCUT2D eigenvalue weighted by molar-refractivity contribution is 8.04. The fourth-order valence-corrected chi connectivity index (χ4v) is 5.90. The summed E-state index contributed by atoms with van der Waals surface area (Å²) >= 11 is 1.53. The number of nitriles is 1. The Morgan fingerprint density at radius 3 is 2.87 bits per heavy atom. The molecule has 0 aromatic heterocycles. The van der Waals surface area contributed by atoms with E-state index in [1.54, 1.807) is 6.07 Å². The molecule has 6 rings (SSSR count). The number of nitrogens with two attached hydrogens (primary N) is 1. The first-order valence-electron chi connectivity index (χ1n) is 10.0. The number of hydrogen-bond donors (Lipinski definition) is 1. The zero-order chi connectivity index (χ0) is 21.2. The molecule has 0 radical (unpaired) electrons. The van der Waals surface area contributed by atoms with Crippen LogP contribution in [-0.2, 0) is 10.2 Å². The van der Waals surface area contributed by atoms with Crippen LogP contribution in [0.4, 0.5) is 11.4 Å². The molecule has 8 heteroatoms. The van der Waals surface area contributed by atoms with E-state index in [1.807, 2.05) is 35.2 Å². The van der Waals surface area contributed by atoms with Gasteiger partial charge in [-0.15, -0.1) is 11.8 Å². The molecule has 0 fully saturated rings. The molecule has 4 heterocycles. The summed E-state index contributed by atoms with van der Waals surface area (Å²) in [6, 6.07) is 13.8. The second-order valence-electron chi connectivity index (χ2n) is 7.96. The molecule has 2 unspecified atom stereocenters.